The van der Waals surface area contributed by atoms with Crippen LogP contribution in [0.3, 0.4) is 0 Å². The van der Waals surface area contributed by atoms with E-state index in [4.69, 9.17) is 0 Å². The lowest BCUT2D eigenvalue weighted by molar-refractivity contribution is -0.137. The number of aryl methyl sites for hydroxylation is 2. The average molecular weight is 499 g/mol. The van der Waals surface area contributed by atoms with E-state index in [2.05, 4.69) is 5.10 Å². The van der Waals surface area contributed by atoms with Gasteiger partial charge >= 0.3 is 12.1 Å². The quantitative estimate of drug-likeness (QED) is 0.376. The second-order valence-corrected chi connectivity index (χ2v) is 9.25. The molecule has 0 bridgehead atoms. The third-order valence-corrected chi connectivity index (χ3v) is 6.58. The minimum Gasteiger partial charge on any atom is -0.481 e. The Balaban J connectivity index is 1.56. The van der Waals surface area contributed by atoms with Gasteiger partial charge in [-0.25, -0.2) is 4.39 Å². The smallest absolute Gasteiger partial charge is 0.431 e. The zero-order valence-corrected chi connectivity index (χ0v) is 20.1. The second-order valence-electron chi connectivity index (χ2n) is 9.25. The summed E-state index contributed by atoms with van der Waals surface area (Å²) in [6.07, 6.45) is -4.51. The Morgan fingerprint density at radius 3 is 2.33 bits per heavy atom. The summed E-state index contributed by atoms with van der Waals surface area (Å²) < 4.78 is 54.5. The highest BCUT2D eigenvalue weighted by Gasteiger charge is 2.48. The summed E-state index contributed by atoms with van der Waals surface area (Å²) in [4.78, 5) is 11.3. The van der Waals surface area contributed by atoms with Gasteiger partial charge in [-0.05, 0) is 66.8 Å². The van der Waals surface area contributed by atoms with Gasteiger partial charge in [0.1, 0.15) is 11.5 Å². The zero-order valence-electron chi connectivity index (χ0n) is 20.1. The molecule has 0 saturated carbocycles. The molecule has 0 aromatic heterocycles. The van der Waals surface area contributed by atoms with E-state index in [0.29, 0.717) is 17.7 Å². The molecule has 8 heteroatoms. The average Bonchev–Trinajstić information content (AvgIpc) is 3.13. The molecule has 0 fully saturated rings. The number of halogens is 4. The fourth-order valence-corrected chi connectivity index (χ4v) is 4.59. The van der Waals surface area contributed by atoms with Crippen LogP contribution in [-0.2, 0) is 11.2 Å². The molecule has 0 saturated heterocycles. The van der Waals surface area contributed by atoms with E-state index in [1.54, 1.807) is 30.3 Å². The van der Waals surface area contributed by atoms with Crippen molar-refractivity contribution in [2.75, 3.05) is 5.01 Å². The fraction of sp³-hybridized carbons (Fsp3) is 0.286. The molecular formula is C28H26F4N2O2. The Morgan fingerprint density at radius 2 is 1.72 bits per heavy atom. The highest BCUT2D eigenvalue weighted by Crippen LogP contribution is 2.36. The van der Waals surface area contributed by atoms with Crippen molar-refractivity contribution in [3.8, 4) is 11.1 Å². The molecular weight excluding hydrogens is 472 g/mol. The maximum Gasteiger partial charge on any atom is 0.431 e. The Morgan fingerprint density at radius 1 is 1.03 bits per heavy atom. The lowest BCUT2D eigenvalue weighted by atomic mass is 9.94. The van der Waals surface area contributed by atoms with E-state index in [0.717, 1.165) is 27.8 Å². The Bertz CT molecular complexity index is 1320. The minimum atomic E-state index is -4.63. The molecule has 1 heterocycles. The van der Waals surface area contributed by atoms with Crippen LogP contribution >= 0.6 is 0 Å². The highest BCUT2D eigenvalue weighted by molar-refractivity contribution is 5.96. The van der Waals surface area contributed by atoms with Crippen molar-refractivity contribution in [1.82, 2.24) is 0 Å². The number of anilines is 1. The lowest BCUT2D eigenvalue weighted by Gasteiger charge is -2.25. The van der Waals surface area contributed by atoms with Crippen LogP contribution < -0.4 is 5.01 Å². The van der Waals surface area contributed by atoms with Crippen LogP contribution in [-0.4, -0.2) is 29.0 Å². The molecule has 36 heavy (non-hydrogen) atoms. The van der Waals surface area contributed by atoms with E-state index in [-0.39, 0.29) is 5.82 Å². The fourth-order valence-electron chi connectivity index (χ4n) is 4.59. The van der Waals surface area contributed by atoms with Gasteiger partial charge in [0.05, 0.1) is 18.2 Å². The molecule has 188 valence electrons. The van der Waals surface area contributed by atoms with Crippen molar-refractivity contribution >= 4 is 17.4 Å². The van der Waals surface area contributed by atoms with Gasteiger partial charge in [0.15, 0.2) is 0 Å². The second kappa shape index (κ2) is 9.76. The summed E-state index contributed by atoms with van der Waals surface area (Å²) in [6, 6.07) is 16.8. The van der Waals surface area contributed by atoms with Crippen LogP contribution in [0.15, 0.2) is 65.8 Å². The number of hydrogen-bond acceptors (Lipinski definition) is 3. The molecule has 4 nitrogen and oxygen atoms in total. The number of hydrazone groups is 1. The monoisotopic (exact) mass is 498 g/mol. The Kier molecular flexibility index (Phi) is 6.89. The van der Waals surface area contributed by atoms with Gasteiger partial charge in [0.25, 0.3) is 0 Å². The van der Waals surface area contributed by atoms with Crippen LogP contribution in [0.2, 0.25) is 0 Å². The third kappa shape index (κ3) is 5.27. The van der Waals surface area contributed by atoms with E-state index in [1.807, 2.05) is 38.1 Å². The maximum atomic E-state index is 14.3. The molecule has 0 aliphatic carbocycles. The Hall–Kier alpha value is -3.68. The summed E-state index contributed by atoms with van der Waals surface area (Å²) >= 11 is 0. The van der Waals surface area contributed by atoms with Gasteiger partial charge in [-0.3, -0.25) is 9.80 Å². The molecule has 0 radical (unpaired) electrons. The zero-order chi connectivity index (χ0) is 26.2. The summed E-state index contributed by atoms with van der Waals surface area (Å²) in [7, 11) is 0. The van der Waals surface area contributed by atoms with Gasteiger partial charge in [0, 0.05) is 11.5 Å². The first kappa shape index (κ1) is 25.4. The number of benzene rings is 3. The molecule has 3 aromatic rings. The summed E-state index contributed by atoms with van der Waals surface area (Å²) in [5.74, 6) is -2.53. The third-order valence-electron chi connectivity index (χ3n) is 6.58. The number of rotatable bonds is 6. The summed E-state index contributed by atoms with van der Waals surface area (Å²) in [6.45, 7) is 5.22. The van der Waals surface area contributed by atoms with Crippen molar-refractivity contribution < 1.29 is 27.5 Å². The standard InChI is InChI=1S/C28H26F4N2O2/c1-16-4-11-24(29)23(12-16)21-8-7-20(17(2)13-21)14-19-5-9-22(10-6-19)34-25(15-26(35)36)18(3)27(33-34)28(30,31)32/h4-13,18,25H,14-15H2,1-3H3,(H,35,36)/t18?,25-/m0/s1. The summed E-state index contributed by atoms with van der Waals surface area (Å²) in [5.41, 5.74) is 4.69. The van der Waals surface area contributed by atoms with Gasteiger partial charge in [0.2, 0.25) is 0 Å². The molecule has 1 aliphatic heterocycles. The van der Waals surface area contributed by atoms with Crippen molar-refractivity contribution in [1.29, 1.82) is 0 Å². The van der Waals surface area contributed by atoms with Gasteiger partial charge in [-0.2, -0.15) is 18.3 Å². The molecule has 2 atom stereocenters. The first-order valence-electron chi connectivity index (χ1n) is 11.6. The number of hydrogen-bond donors (Lipinski definition) is 1. The number of carboxylic acids is 1. The minimum absolute atomic E-state index is 0.280. The van der Waals surface area contributed by atoms with Crippen LogP contribution in [0, 0.1) is 25.6 Å². The Labute approximate surface area is 206 Å². The topological polar surface area (TPSA) is 52.9 Å². The normalized spacial score (nSPS) is 17.9. The lowest BCUT2D eigenvalue weighted by Crippen LogP contribution is -2.36. The van der Waals surface area contributed by atoms with E-state index in [9.17, 15) is 27.5 Å². The van der Waals surface area contributed by atoms with Crippen LogP contribution in [0.25, 0.3) is 11.1 Å². The van der Waals surface area contributed by atoms with E-state index in [1.165, 1.54) is 18.0 Å². The number of carbonyl (C=O) groups is 1. The van der Waals surface area contributed by atoms with Crippen LogP contribution in [0.5, 0.6) is 0 Å². The first-order valence-corrected chi connectivity index (χ1v) is 11.6. The molecule has 1 aliphatic rings. The van der Waals surface area contributed by atoms with Gasteiger partial charge in [-0.15, -0.1) is 0 Å². The van der Waals surface area contributed by atoms with Crippen LogP contribution in [0.4, 0.5) is 23.2 Å². The number of alkyl halides is 3. The number of nitrogens with zero attached hydrogens (tertiary/aromatic N) is 2. The van der Waals surface area contributed by atoms with Gasteiger partial charge in [-0.1, -0.05) is 48.9 Å². The largest absolute Gasteiger partial charge is 0.481 e. The van der Waals surface area contributed by atoms with Crippen LogP contribution in [0.1, 0.15) is 35.6 Å². The van der Waals surface area contributed by atoms with Crippen molar-refractivity contribution in [2.24, 2.45) is 11.0 Å². The van der Waals surface area contributed by atoms with Crippen molar-refractivity contribution in [2.45, 2.75) is 45.8 Å². The number of aliphatic carboxylic acids is 1. The van der Waals surface area contributed by atoms with E-state index >= 15 is 0 Å². The van der Waals surface area contributed by atoms with Crippen molar-refractivity contribution in [3.63, 3.8) is 0 Å². The predicted molar refractivity (Wildman–Crippen MR) is 132 cm³/mol. The highest BCUT2D eigenvalue weighted by atomic mass is 19.4. The van der Waals surface area contributed by atoms with E-state index < -0.39 is 36.2 Å². The molecule has 1 N–H and O–H groups in total. The van der Waals surface area contributed by atoms with Crippen molar-refractivity contribution in [3.05, 3.63) is 88.7 Å². The maximum absolute atomic E-state index is 14.3. The molecule has 4 rings (SSSR count). The molecule has 0 spiro atoms. The first-order chi connectivity index (χ1) is 16.9. The summed E-state index contributed by atoms with van der Waals surface area (Å²) in [5, 5.41) is 14.1. The molecule has 1 unspecified atom stereocenters. The SMILES string of the molecule is Cc1ccc(F)c(-c2ccc(Cc3ccc(N4N=C(C(F)(F)F)C(C)[C@@H]4CC(=O)O)cc3)c(C)c2)c1. The van der Waals surface area contributed by atoms with Gasteiger partial charge < -0.3 is 5.11 Å². The molecule has 3 aromatic carbocycles. The predicted octanol–water partition coefficient (Wildman–Crippen LogP) is 6.92. The number of carboxylic acid groups (broad SMARTS) is 1. The molecule has 0 amide bonds.